The van der Waals surface area contributed by atoms with Crippen LogP contribution in [0.25, 0.3) is 0 Å². The predicted molar refractivity (Wildman–Crippen MR) is 75.6 cm³/mol. The number of rotatable bonds is 4. The number of nitriles is 1. The van der Waals surface area contributed by atoms with Gasteiger partial charge in [0.1, 0.15) is 11.9 Å². The van der Waals surface area contributed by atoms with Gasteiger partial charge in [-0.3, -0.25) is 0 Å². The second-order valence-electron chi connectivity index (χ2n) is 5.74. The maximum Gasteiger partial charge on any atom is 0.141 e. The van der Waals surface area contributed by atoms with Crippen LogP contribution in [0.5, 0.6) is 0 Å². The van der Waals surface area contributed by atoms with Gasteiger partial charge in [0.15, 0.2) is 0 Å². The maximum atomic E-state index is 13.6. The van der Waals surface area contributed by atoms with E-state index in [1.54, 1.807) is 6.07 Å². The van der Waals surface area contributed by atoms with Crippen LogP contribution in [0.3, 0.4) is 0 Å². The summed E-state index contributed by atoms with van der Waals surface area (Å²) < 4.78 is 13.6. The van der Waals surface area contributed by atoms with Crippen LogP contribution in [0, 0.1) is 17.1 Å². The SMILES string of the molecule is CC(NCC1(O)CCCCC1)c1ccc(C#N)c(F)c1. The average molecular weight is 276 g/mol. The van der Waals surface area contributed by atoms with Crippen molar-refractivity contribution in [1.82, 2.24) is 5.32 Å². The first kappa shape index (κ1) is 15.0. The summed E-state index contributed by atoms with van der Waals surface area (Å²) in [6.07, 6.45) is 4.98. The van der Waals surface area contributed by atoms with Crippen LogP contribution in [0.4, 0.5) is 4.39 Å². The van der Waals surface area contributed by atoms with Crippen molar-refractivity contribution >= 4 is 0 Å². The minimum Gasteiger partial charge on any atom is -0.389 e. The lowest BCUT2D eigenvalue weighted by Crippen LogP contribution is -2.42. The van der Waals surface area contributed by atoms with Crippen molar-refractivity contribution in [1.29, 1.82) is 5.26 Å². The summed E-state index contributed by atoms with van der Waals surface area (Å²) >= 11 is 0. The number of hydrogen-bond donors (Lipinski definition) is 2. The van der Waals surface area contributed by atoms with Gasteiger partial charge in [0.25, 0.3) is 0 Å². The molecule has 2 N–H and O–H groups in total. The molecule has 0 radical (unpaired) electrons. The molecule has 0 bridgehead atoms. The van der Waals surface area contributed by atoms with Crippen LogP contribution >= 0.6 is 0 Å². The van der Waals surface area contributed by atoms with Gasteiger partial charge in [0, 0.05) is 12.6 Å². The van der Waals surface area contributed by atoms with Crippen molar-refractivity contribution < 1.29 is 9.50 Å². The van der Waals surface area contributed by atoms with Crippen molar-refractivity contribution in [3.63, 3.8) is 0 Å². The van der Waals surface area contributed by atoms with Gasteiger partial charge < -0.3 is 10.4 Å². The highest BCUT2D eigenvalue weighted by Gasteiger charge is 2.29. The Morgan fingerprint density at radius 1 is 1.40 bits per heavy atom. The fourth-order valence-electron chi connectivity index (χ4n) is 2.74. The molecule has 1 atom stereocenters. The van der Waals surface area contributed by atoms with E-state index >= 15 is 0 Å². The zero-order chi connectivity index (χ0) is 14.6. The maximum absolute atomic E-state index is 13.6. The van der Waals surface area contributed by atoms with E-state index in [0.29, 0.717) is 6.54 Å². The molecule has 1 aliphatic rings. The Labute approximate surface area is 119 Å². The Bertz CT molecular complexity index is 504. The fourth-order valence-corrected chi connectivity index (χ4v) is 2.74. The first-order valence-electron chi connectivity index (χ1n) is 7.19. The number of benzene rings is 1. The van der Waals surface area contributed by atoms with Gasteiger partial charge in [-0.1, -0.05) is 25.3 Å². The highest BCUT2D eigenvalue weighted by molar-refractivity contribution is 5.34. The van der Waals surface area contributed by atoms with Gasteiger partial charge in [-0.25, -0.2) is 4.39 Å². The van der Waals surface area contributed by atoms with Gasteiger partial charge in [-0.2, -0.15) is 5.26 Å². The molecule has 0 amide bonds. The summed E-state index contributed by atoms with van der Waals surface area (Å²) in [5, 5.41) is 22.4. The lowest BCUT2D eigenvalue weighted by Gasteiger charge is -2.33. The fraction of sp³-hybridized carbons (Fsp3) is 0.562. The number of halogens is 1. The van der Waals surface area contributed by atoms with Gasteiger partial charge in [-0.05, 0) is 37.5 Å². The second kappa shape index (κ2) is 6.34. The number of hydrogen-bond acceptors (Lipinski definition) is 3. The Kier molecular flexibility index (Phi) is 4.74. The standard InChI is InChI=1S/C16H21FN2O/c1-12(13-5-6-14(10-18)15(17)9-13)19-11-16(20)7-3-2-4-8-16/h5-6,9,12,19-20H,2-4,7-8,11H2,1H3. The predicted octanol–water partition coefficient (Wildman–Crippen LogP) is 3.04. The van der Waals surface area contributed by atoms with E-state index in [2.05, 4.69) is 5.32 Å². The van der Waals surface area contributed by atoms with E-state index < -0.39 is 11.4 Å². The van der Waals surface area contributed by atoms with Crippen LogP contribution in [0.15, 0.2) is 18.2 Å². The summed E-state index contributed by atoms with van der Waals surface area (Å²) in [6, 6.07) is 6.41. The van der Waals surface area contributed by atoms with E-state index in [1.807, 2.05) is 13.0 Å². The average Bonchev–Trinajstić information content (AvgIpc) is 2.45. The Morgan fingerprint density at radius 2 is 2.10 bits per heavy atom. The van der Waals surface area contributed by atoms with Crippen molar-refractivity contribution in [2.45, 2.75) is 50.7 Å². The normalized spacial score (nSPS) is 19.3. The molecule has 1 unspecified atom stereocenters. The number of nitrogens with one attached hydrogen (secondary N) is 1. The minimum absolute atomic E-state index is 0.0526. The number of nitrogens with zero attached hydrogens (tertiary/aromatic N) is 1. The molecule has 4 heteroatoms. The zero-order valence-corrected chi connectivity index (χ0v) is 11.8. The molecule has 1 saturated carbocycles. The van der Waals surface area contributed by atoms with Crippen LogP contribution in [-0.2, 0) is 0 Å². The zero-order valence-electron chi connectivity index (χ0n) is 11.8. The van der Waals surface area contributed by atoms with Crippen LogP contribution in [-0.4, -0.2) is 17.3 Å². The second-order valence-corrected chi connectivity index (χ2v) is 5.74. The van der Waals surface area contributed by atoms with Crippen LogP contribution < -0.4 is 5.32 Å². The minimum atomic E-state index is -0.627. The highest BCUT2D eigenvalue weighted by Crippen LogP contribution is 2.28. The van der Waals surface area contributed by atoms with Gasteiger partial charge >= 0.3 is 0 Å². The van der Waals surface area contributed by atoms with Crippen LogP contribution in [0.1, 0.15) is 56.2 Å². The van der Waals surface area contributed by atoms with Gasteiger partial charge in [0.2, 0.25) is 0 Å². The summed E-state index contributed by atoms with van der Waals surface area (Å²) in [6.45, 7) is 2.46. The number of aliphatic hydroxyl groups is 1. The van der Waals surface area contributed by atoms with Crippen molar-refractivity contribution in [3.8, 4) is 6.07 Å². The molecular formula is C16H21FN2O. The molecule has 1 aromatic carbocycles. The lowest BCUT2D eigenvalue weighted by molar-refractivity contribution is 0.00300. The molecule has 0 aromatic heterocycles. The van der Waals surface area contributed by atoms with E-state index in [9.17, 15) is 9.50 Å². The third-order valence-corrected chi connectivity index (χ3v) is 4.14. The molecule has 108 valence electrons. The van der Waals surface area contributed by atoms with E-state index in [1.165, 1.54) is 18.6 Å². The first-order chi connectivity index (χ1) is 9.54. The van der Waals surface area contributed by atoms with E-state index in [-0.39, 0.29) is 11.6 Å². The highest BCUT2D eigenvalue weighted by atomic mass is 19.1. The molecule has 2 rings (SSSR count). The van der Waals surface area contributed by atoms with Crippen LogP contribution in [0.2, 0.25) is 0 Å². The quantitative estimate of drug-likeness (QED) is 0.888. The van der Waals surface area contributed by atoms with Crippen molar-refractivity contribution in [2.24, 2.45) is 0 Å². The Balaban J connectivity index is 1.96. The molecule has 0 spiro atoms. The topological polar surface area (TPSA) is 56.0 Å². The summed E-state index contributed by atoms with van der Waals surface area (Å²) in [4.78, 5) is 0. The summed E-state index contributed by atoms with van der Waals surface area (Å²) in [5.74, 6) is -0.491. The van der Waals surface area contributed by atoms with Gasteiger partial charge in [-0.15, -0.1) is 0 Å². The molecule has 3 nitrogen and oxygen atoms in total. The van der Waals surface area contributed by atoms with E-state index in [0.717, 1.165) is 31.2 Å². The largest absolute Gasteiger partial charge is 0.389 e. The Hall–Kier alpha value is -1.44. The summed E-state index contributed by atoms with van der Waals surface area (Å²) in [7, 11) is 0. The first-order valence-corrected chi connectivity index (χ1v) is 7.19. The molecule has 0 heterocycles. The van der Waals surface area contributed by atoms with Crippen molar-refractivity contribution in [2.75, 3.05) is 6.54 Å². The Morgan fingerprint density at radius 3 is 2.70 bits per heavy atom. The van der Waals surface area contributed by atoms with Gasteiger partial charge in [0.05, 0.1) is 11.2 Å². The van der Waals surface area contributed by atoms with E-state index in [4.69, 9.17) is 5.26 Å². The smallest absolute Gasteiger partial charge is 0.141 e. The van der Waals surface area contributed by atoms with Crippen molar-refractivity contribution in [3.05, 3.63) is 35.1 Å². The molecule has 1 fully saturated rings. The monoisotopic (exact) mass is 276 g/mol. The molecule has 0 saturated heterocycles. The summed E-state index contributed by atoms with van der Waals surface area (Å²) in [5.41, 5.74) is 0.227. The third kappa shape index (κ3) is 3.56. The molecular weight excluding hydrogens is 255 g/mol. The third-order valence-electron chi connectivity index (χ3n) is 4.14. The molecule has 0 aliphatic heterocycles. The molecule has 1 aromatic rings. The lowest BCUT2D eigenvalue weighted by atomic mass is 9.84. The molecule has 1 aliphatic carbocycles. The molecule has 20 heavy (non-hydrogen) atoms.